The normalized spacial score (nSPS) is 9.50. The number of rotatable bonds is 3. The summed E-state index contributed by atoms with van der Waals surface area (Å²) in [6.07, 6.45) is 2.76. The number of aromatic nitrogens is 1. The first-order valence-electron chi connectivity index (χ1n) is 3.60. The van der Waals surface area contributed by atoms with Gasteiger partial charge in [0.1, 0.15) is 12.4 Å². The summed E-state index contributed by atoms with van der Waals surface area (Å²) in [7, 11) is 0. The Bertz CT molecular complexity index is 286. The highest BCUT2D eigenvalue weighted by molar-refractivity contribution is 5.20. The van der Waals surface area contributed by atoms with Crippen LogP contribution in [0.25, 0.3) is 0 Å². The maximum absolute atomic E-state index is 12.7. The molecule has 1 aromatic heterocycles. The van der Waals surface area contributed by atoms with Crippen molar-refractivity contribution in [1.82, 2.24) is 4.98 Å². The Morgan fingerprint density at radius 1 is 1.75 bits per heavy atom. The van der Waals surface area contributed by atoms with Gasteiger partial charge in [0.2, 0.25) is 5.88 Å². The fourth-order valence-corrected chi connectivity index (χ4v) is 0.737. The molecule has 0 N–H and O–H groups in total. The fourth-order valence-electron chi connectivity index (χ4n) is 0.737. The summed E-state index contributed by atoms with van der Waals surface area (Å²) in [6.45, 7) is 5.54. The SMILES string of the molecule is C=CCOc1cc(C)c(F)cn1. The quantitative estimate of drug-likeness (QED) is 0.643. The van der Waals surface area contributed by atoms with E-state index in [4.69, 9.17) is 4.74 Å². The lowest BCUT2D eigenvalue weighted by molar-refractivity contribution is 0.347. The van der Waals surface area contributed by atoms with Gasteiger partial charge in [-0.1, -0.05) is 12.7 Å². The summed E-state index contributed by atoms with van der Waals surface area (Å²) in [5, 5.41) is 0. The van der Waals surface area contributed by atoms with Crippen molar-refractivity contribution in [1.29, 1.82) is 0 Å². The van der Waals surface area contributed by atoms with E-state index in [1.807, 2.05) is 0 Å². The molecule has 0 aliphatic heterocycles. The average molecular weight is 167 g/mol. The van der Waals surface area contributed by atoms with Gasteiger partial charge in [-0.05, 0) is 12.5 Å². The van der Waals surface area contributed by atoms with Gasteiger partial charge in [0.15, 0.2) is 0 Å². The van der Waals surface area contributed by atoms with Crippen LogP contribution in [-0.4, -0.2) is 11.6 Å². The van der Waals surface area contributed by atoms with Crippen molar-refractivity contribution in [2.24, 2.45) is 0 Å². The van der Waals surface area contributed by atoms with E-state index in [0.29, 0.717) is 18.1 Å². The van der Waals surface area contributed by atoms with Gasteiger partial charge in [-0.25, -0.2) is 9.37 Å². The van der Waals surface area contributed by atoms with Crippen molar-refractivity contribution in [3.05, 3.63) is 36.3 Å². The molecule has 1 heterocycles. The van der Waals surface area contributed by atoms with Crippen LogP contribution in [0.5, 0.6) is 5.88 Å². The largest absolute Gasteiger partial charge is 0.473 e. The highest BCUT2D eigenvalue weighted by atomic mass is 19.1. The molecular formula is C9H10FNO. The minimum atomic E-state index is -0.319. The third-order valence-electron chi connectivity index (χ3n) is 1.37. The van der Waals surface area contributed by atoms with E-state index in [-0.39, 0.29) is 5.82 Å². The topological polar surface area (TPSA) is 22.1 Å². The highest BCUT2D eigenvalue weighted by Gasteiger charge is 1.99. The Morgan fingerprint density at radius 2 is 2.50 bits per heavy atom. The molecule has 0 bridgehead atoms. The number of aryl methyl sites for hydroxylation is 1. The molecule has 0 saturated heterocycles. The molecule has 0 atom stereocenters. The molecule has 1 aromatic rings. The van der Waals surface area contributed by atoms with Crippen LogP contribution >= 0.6 is 0 Å². The van der Waals surface area contributed by atoms with Gasteiger partial charge in [0.25, 0.3) is 0 Å². The van der Waals surface area contributed by atoms with Crippen molar-refractivity contribution in [3.63, 3.8) is 0 Å². The molecule has 0 unspecified atom stereocenters. The van der Waals surface area contributed by atoms with E-state index in [2.05, 4.69) is 11.6 Å². The van der Waals surface area contributed by atoms with Crippen LogP contribution in [0.15, 0.2) is 24.9 Å². The Morgan fingerprint density at radius 3 is 3.08 bits per heavy atom. The number of hydrogen-bond donors (Lipinski definition) is 0. The van der Waals surface area contributed by atoms with Crippen molar-refractivity contribution in [3.8, 4) is 5.88 Å². The Hall–Kier alpha value is -1.38. The Kier molecular flexibility index (Phi) is 2.80. The fraction of sp³-hybridized carbons (Fsp3) is 0.222. The first-order chi connectivity index (χ1) is 5.74. The van der Waals surface area contributed by atoms with E-state index in [1.165, 1.54) is 0 Å². The lowest BCUT2D eigenvalue weighted by Crippen LogP contribution is -1.96. The Balaban J connectivity index is 2.75. The summed E-state index contributed by atoms with van der Waals surface area (Å²) < 4.78 is 17.8. The predicted octanol–water partition coefficient (Wildman–Crippen LogP) is 2.09. The van der Waals surface area contributed by atoms with Gasteiger partial charge < -0.3 is 4.74 Å². The van der Waals surface area contributed by atoms with Gasteiger partial charge >= 0.3 is 0 Å². The number of halogens is 1. The van der Waals surface area contributed by atoms with Gasteiger partial charge in [0.05, 0.1) is 6.20 Å². The monoisotopic (exact) mass is 167 g/mol. The first-order valence-corrected chi connectivity index (χ1v) is 3.60. The van der Waals surface area contributed by atoms with E-state index < -0.39 is 0 Å². The van der Waals surface area contributed by atoms with Crippen LogP contribution in [0.2, 0.25) is 0 Å². The lowest BCUT2D eigenvalue weighted by atomic mass is 10.3. The number of ether oxygens (including phenoxy) is 1. The number of pyridine rings is 1. The smallest absolute Gasteiger partial charge is 0.213 e. The molecule has 3 heteroatoms. The van der Waals surface area contributed by atoms with Crippen LogP contribution in [0.4, 0.5) is 4.39 Å². The molecule has 0 saturated carbocycles. The number of nitrogens with zero attached hydrogens (tertiary/aromatic N) is 1. The van der Waals surface area contributed by atoms with Crippen LogP contribution in [0.3, 0.4) is 0 Å². The minimum Gasteiger partial charge on any atom is -0.473 e. The third kappa shape index (κ3) is 2.05. The van der Waals surface area contributed by atoms with Crippen molar-refractivity contribution < 1.29 is 9.13 Å². The van der Waals surface area contributed by atoms with Crippen LogP contribution in [-0.2, 0) is 0 Å². The molecule has 0 spiro atoms. The van der Waals surface area contributed by atoms with Gasteiger partial charge in [-0.15, -0.1) is 0 Å². The van der Waals surface area contributed by atoms with Gasteiger partial charge in [-0.3, -0.25) is 0 Å². The van der Waals surface area contributed by atoms with Crippen LogP contribution < -0.4 is 4.74 Å². The minimum absolute atomic E-state index is 0.319. The third-order valence-corrected chi connectivity index (χ3v) is 1.37. The summed E-state index contributed by atoms with van der Waals surface area (Å²) >= 11 is 0. The van der Waals surface area contributed by atoms with E-state index >= 15 is 0 Å². The van der Waals surface area contributed by atoms with E-state index in [9.17, 15) is 4.39 Å². The van der Waals surface area contributed by atoms with Crippen LogP contribution in [0, 0.1) is 12.7 Å². The maximum atomic E-state index is 12.7. The standard InChI is InChI=1S/C9H10FNO/c1-3-4-12-9-5-7(2)8(10)6-11-9/h3,5-6H,1,4H2,2H3. The van der Waals surface area contributed by atoms with Gasteiger partial charge in [0, 0.05) is 6.07 Å². The second-order valence-corrected chi connectivity index (χ2v) is 2.37. The molecule has 2 nitrogen and oxygen atoms in total. The molecular weight excluding hydrogens is 157 g/mol. The zero-order valence-corrected chi connectivity index (χ0v) is 6.88. The second-order valence-electron chi connectivity index (χ2n) is 2.37. The lowest BCUT2D eigenvalue weighted by Gasteiger charge is -2.02. The zero-order valence-electron chi connectivity index (χ0n) is 6.88. The van der Waals surface area contributed by atoms with Crippen molar-refractivity contribution >= 4 is 0 Å². The van der Waals surface area contributed by atoms with E-state index in [1.54, 1.807) is 19.1 Å². The van der Waals surface area contributed by atoms with Crippen molar-refractivity contribution in [2.45, 2.75) is 6.92 Å². The molecule has 1 rings (SSSR count). The summed E-state index contributed by atoms with van der Waals surface area (Å²) in [6, 6.07) is 1.55. The summed E-state index contributed by atoms with van der Waals surface area (Å²) in [4.78, 5) is 3.73. The molecule has 0 aliphatic carbocycles. The molecule has 12 heavy (non-hydrogen) atoms. The number of hydrogen-bond acceptors (Lipinski definition) is 2. The van der Waals surface area contributed by atoms with Crippen molar-refractivity contribution in [2.75, 3.05) is 6.61 Å². The molecule has 0 radical (unpaired) electrons. The second kappa shape index (κ2) is 3.85. The van der Waals surface area contributed by atoms with E-state index in [0.717, 1.165) is 6.20 Å². The molecule has 0 amide bonds. The summed E-state index contributed by atoms with van der Waals surface area (Å²) in [5.74, 6) is 0.106. The zero-order chi connectivity index (χ0) is 8.97. The Labute approximate surface area is 70.7 Å². The average Bonchev–Trinajstić information content (AvgIpc) is 2.07. The molecule has 0 fully saturated rings. The summed E-state index contributed by atoms with van der Waals surface area (Å²) in [5.41, 5.74) is 0.532. The van der Waals surface area contributed by atoms with Gasteiger partial charge in [-0.2, -0.15) is 0 Å². The highest BCUT2D eigenvalue weighted by Crippen LogP contribution is 2.11. The van der Waals surface area contributed by atoms with Crippen LogP contribution in [0.1, 0.15) is 5.56 Å². The predicted molar refractivity (Wildman–Crippen MR) is 44.6 cm³/mol. The molecule has 0 aromatic carbocycles. The first kappa shape index (κ1) is 8.71. The molecule has 0 aliphatic rings. The molecule has 64 valence electrons. The maximum Gasteiger partial charge on any atom is 0.213 e.